The summed E-state index contributed by atoms with van der Waals surface area (Å²) in [6.45, 7) is 0. The van der Waals surface area contributed by atoms with Crippen molar-refractivity contribution in [3.8, 4) is 6.07 Å². The number of hydrogen-bond acceptors (Lipinski definition) is 4. The van der Waals surface area contributed by atoms with Crippen LogP contribution >= 0.6 is 0 Å². The standard InChI is InChI=1S/C21H16N2O3/c22-13-12-21(20(25)26,19(24)16-7-2-1-3-8-16)14-17-11-10-15-6-4-5-9-18(15)23-17/h1-11H,12,14H2,(H,25,26). The lowest BCUT2D eigenvalue weighted by Gasteiger charge is -2.25. The molecule has 0 bridgehead atoms. The Bertz CT molecular complexity index is 1010. The quantitative estimate of drug-likeness (QED) is 0.544. The molecule has 5 heteroatoms. The Morgan fingerprint density at radius 3 is 2.38 bits per heavy atom. The van der Waals surface area contributed by atoms with Crippen LogP contribution in [0.1, 0.15) is 22.5 Å². The van der Waals surface area contributed by atoms with Gasteiger partial charge in [-0.3, -0.25) is 14.6 Å². The normalized spacial score (nSPS) is 12.9. The van der Waals surface area contributed by atoms with E-state index < -0.39 is 23.6 Å². The largest absolute Gasteiger partial charge is 0.480 e. The minimum Gasteiger partial charge on any atom is -0.480 e. The van der Waals surface area contributed by atoms with Gasteiger partial charge in [0.25, 0.3) is 0 Å². The number of pyridine rings is 1. The zero-order chi connectivity index (χ0) is 18.6. The van der Waals surface area contributed by atoms with Crippen molar-refractivity contribution in [1.82, 2.24) is 4.98 Å². The minimum absolute atomic E-state index is 0.144. The third-order valence-electron chi connectivity index (χ3n) is 4.40. The van der Waals surface area contributed by atoms with Crippen molar-refractivity contribution in [2.45, 2.75) is 12.8 Å². The number of rotatable bonds is 6. The van der Waals surface area contributed by atoms with Crippen LogP contribution < -0.4 is 0 Å². The van der Waals surface area contributed by atoms with E-state index >= 15 is 0 Å². The van der Waals surface area contributed by atoms with Crippen LogP contribution in [0.4, 0.5) is 0 Å². The van der Waals surface area contributed by atoms with Gasteiger partial charge in [-0.25, -0.2) is 0 Å². The van der Waals surface area contributed by atoms with Crippen molar-refractivity contribution in [2.24, 2.45) is 5.41 Å². The second-order valence-corrected chi connectivity index (χ2v) is 6.09. The highest BCUT2D eigenvalue weighted by Crippen LogP contribution is 2.32. The fraction of sp³-hybridized carbons (Fsp3) is 0.143. The van der Waals surface area contributed by atoms with Gasteiger partial charge in [0, 0.05) is 23.1 Å². The number of carboxylic acid groups (broad SMARTS) is 1. The van der Waals surface area contributed by atoms with Crippen molar-refractivity contribution in [1.29, 1.82) is 5.26 Å². The Labute approximate surface area is 150 Å². The van der Waals surface area contributed by atoms with Crippen LogP contribution in [0.2, 0.25) is 0 Å². The molecule has 1 N–H and O–H groups in total. The average molecular weight is 344 g/mol. The van der Waals surface area contributed by atoms with Gasteiger partial charge in [0.2, 0.25) is 0 Å². The van der Waals surface area contributed by atoms with E-state index in [9.17, 15) is 20.0 Å². The third kappa shape index (κ3) is 3.17. The number of aliphatic carboxylic acids is 1. The van der Waals surface area contributed by atoms with Crippen molar-refractivity contribution >= 4 is 22.7 Å². The van der Waals surface area contributed by atoms with Crippen LogP contribution in [0.3, 0.4) is 0 Å². The molecule has 0 spiro atoms. The van der Waals surface area contributed by atoms with Gasteiger partial charge in [-0.05, 0) is 12.1 Å². The number of aromatic nitrogens is 1. The molecule has 1 atom stereocenters. The van der Waals surface area contributed by atoms with Gasteiger partial charge in [-0.1, -0.05) is 54.6 Å². The number of carbonyl (C=O) groups is 2. The first-order chi connectivity index (χ1) is 12.6. The van der Waals surface area contributed by atoms with Gasteiger partial charge >= 0.3 is 5.97 Å². The molecule has 2 aromatic carbocycles. The van der Waals surface area contributed by atoms with Gasteiger partial charge < -0.3 is 5.11 Å². The van der Waals surface area contributed by atoms with E-state index in [-0.39, 0.29) is 12.0 Å². The zero-order valence-corrected chi connectivity index (χ0v) is 13.9. The zero-order valence-electron chi connectivity index (χ0n) is 13.9. The Hall–Kier alpha value is -3.52. The molecular formula is C21H16N2O3. The molecule has 128 valence electrons. The summed E-state index contributed by atoms with van der Waals surface area (Å²) in [5, 5.41) is 20.0. The lowest BCUT2D eigenvalue weighted by atomic mass is 9.74. The second kappa shape index (κ2) is 7.16. The summed E-state index contributed by atoms with van der Waals surface area (Å²) in [5.74, 6) is -1.90. The fourth-order valence-corrected chi connectivity index (χ4v) is 2.99. The molecule has 0 fully saturated rings. The van der Waals surface area contributed by atoms with E-state index in [2.05, 4.69) is 4.98 Å². The number of fused-ring (bicyclic) bond motifs is 1. The molecule has 5 nitrogen and oxygen atoms in total. The maximum Gasteiger partial charge on any atom is 0.319 e. The first kappa shape index (κ1) is 17.3. The van der Waals surface area contributed by atoms with E-state index in [0.717, 1.165) is 5.39 Å². The van der Waals surface area contributed by atoms with Crippen LogP contribution in [0.5, 0.6) is 0 Å². The molecule has 1 aromatic heterocycles. The first-order valence-electron chi connectivity index (χ1n) is 8.12. The predicted molar refractivity (Wildman–Crippen MR) is 96.5 cm³/mol. The van der Waals surface area contributed by atoms with E-state index in [1.54, 1.807) is 36.4 Å². The molecule has 0 saturated carbocycles. The van der Waals surface area contributed by atoms with E-state index in [0.29, 0.717) is 11.2 Å². The summed E-state index contributed by atoms with van der Waals surface area (Å²) in [4.78, 5) is 29.6. The molecule has 0 radical (unpaired) electrons. The van der Waals surface area contributed by atoms with Gasteiger partial charge in [0.05, 0.1) is 18.0 Å². The maximum atomic E-state index is 13.0. The molecule has 1 heterocycles. The SMILES string of the molecule is N#CCC(Cc1ccc2ccccc2n1)(C(=O)O)C(=O)c1ccccc1. The molecule has 0 saturated heterocycles. The van der Waals surface area contributed by atoms with Crippen LogP contribution in [-0.2, 0) is 11.2 Å². The topological polar surface area (TPSA) is 91.1 Å². The molecule has 3 rings (SSSR count). The molecular weight excluding hydrogens is 328 g/mol. The summed E-state index contributed by atoms with van der Waals surface area (Å²) in [5.41, 5.74) is -0.420. The molecule has 0 amide bonds. The van der Waals surface area contributed by atoms with Crippen LogP contribution in [0.25, 0.3) is 10.9 Å². The number of carboxylic acids is 1. The number of para-hydroxylation sites is 1. The van der Waals surface area contributed by atoms with E-state index in [1.807, 2.05) is 36.4 Å². The summed E-state index contributed by atoms with van der Waals surface area (Å²) < 4.78 is 0. The first-order valence-corrected chi connectivity index (χ1v) is 8.12. The number of nitrogens with zero attached hydrogens (tertiary/aromatic N) is 2. The van der Waals surface area contributed by atoms with Crippen LogP contribution in [0, 0.1) is 16.7 Å². The summed E-state index contributed by atoms with van der Waals surface area (Å²) in [6, 6.07) is 21.1. The Morgan fingerprint density at radius 2 is 1.69 bits per heavy atom. The van der Waals surface area contributed by atoms with Crippen LogP contribution in [-0.4, -0.2) is 21.8 Å². The van der Waals surface area contributed by atoms with E-state index in [1.165, 1.54) is 0 Å². The summed E-state index contributed by atoms with van der Waals surface area (Å²) >= 11 is 0. The Balaban J connectivity index is 2.06. The number of benzene rings is 2. The van der Waals surface area contributed by atoms with Crippen molar-refractivity contribution in [3.05, 3.63) is 78.0 Å². The van der Waals surface area contributed by atoms with Crippen molar-refractivity contribution in [3.63, 3.8) is 0 Å². The van der Waals surface area contributed by atoms with E-state index in [4.69, 9.17) is 0 Å². The molecule has 0 aliphatic rings. The Morgan fingerprint density at radius 1 is 1.00 bits per heavy atom. The molecule has 0 aliphatic carbocycles. The molecule has 0 aliphatic heterocycles. The van der Waals surface area contributed by atoms with Gasteiger partial charge in [-0.15, -0.1) is 0 Å². The number of hydrogen-bond donors (Lipinski definition) is 1. The lowest BCUT2D eigenvalue weighted by Crippen LogP contribution is -2.41. The monoisotopic (exact) mass is 344 g/mol. The highest BCUT2D eigenvalue weighted by molar-refractivity contribution is 6.12. The Kier molecular flexibility index (Phi) is 4.76. The maximum absolute atomic E-state index is 13.0. The smallest absolute Gasteiger partial charge is 0.319 e. The van der Waals surface area contributed by atoms with Gasteiger partial charge in [0.15, 0.2) is 5.78 Å². The van der Waals surface area contributed by atoms with Crippen LogP contribution in [0.15, 0.2) is 66.7 Å². The number of Topliss-reactive ketones (excluding diaryl/α,β-unsaturated/α-hetero) is 1. The average Bonchev–Trinajstić information content (AvgIpc) is 2.67. The van der Waals surface area contributed by atoms with Crippen molar-refractivity contribution in [2.75, 3.05) is 0 Å². The highest BCUT2D eigenvalue weighted by Gasteiger charge is 2.46. The fourth-order valence-electron chi connectivity index (χ4n) is 2.99. The minimum atomic E-state index is -1.87. The van der Waals surface area contributed by atoms with Crippen molar-refractivity contribution < 1.29 is 14.7 Å². The second-order valence-electron chi connectivity index (χ2n) is 6.09. The molecule has 1 unspecified atom stereocenters. The summed E-state index contributed by atoms with van der Waals surface area (Å²) in [6.07, 6.45) is -0.570. The van der Waals surface area contributed by atoms with Gasteiger partial charge in [-0.2, -0.15) is 5.26 Å². The number of ketones is 1. The lowest BCUT2D eigenvalue weighted by molar-refractivity contribution is -0.145. The number of nitriles is 1. The molecule has 26 heavy (non-hydrogen) atoms. The van der Waals surface area contributed by atoms with Gasteiger partial charge in [0.1, 0.15) is 5.41 Å². The summed E-state index contributed by atoms with van der Waals surface area (Å²) in [7, 11) is 0. The predicted octanol–water partition coefficient (Wildman–Crippen LogP) is 3.64. The molecule has 3 aromatic rings. The third-order valence-corrected chi connectivity index (χ3v) is 4.40. The number of carbonyl (C=O) groups excluding carboxylic acids is 1. The highest BCUT2D eigenvalue weighted by atomic mass is 16.4.